The molecule has 1 aromatic carbocycles. The van der Waals surface area contributed by atoms with Crippen LogP contribution in [0.4, 0.5) is 5.69 Å². The summed E-state index contributed by atoms with van der Waals surface area (Å²) in [6.45, 7) is 14.0. The lowest BCUT2D eigenvalue weighted by Gasteiger charge is -2.39. The first-order chi connectivity index (χ1) is 27.3. The van der Waals surface area contributed by atoms with E-state index in [1.807, 2.05) is 13.8 Å². The second-order valence-corrected chi connectivity index (χ2v) is 14.8. The van der Waals surface area contributed by atoms with Crippen LogP contribution in [0.3, 0.4) is 0 Å². The van der Waals surface area contributed by atoms with Gasteiger partial charge in [-0.3, -0.25) is 14.0 Å². The molecule has 2 bridgehead atoms. The van der Waals surface area contributed by atoms with Gasteiger partial charge >= 0.3 is 34.7 Å². The fourth-order valence-electron chi connectivity index (χ4n) is 7.67. The molecule has 2 N–H and O–H groups in total. The number of halogens is 1. The zero-order valence-corrected chi connectivity index (χ0v) is 34.8. The van der Waals surface area contributed by atoms with Crippen LogP contribution < -0.4 is 27.7 Å². The third-order valence-corrected chi connectivity index (χ3v) is 11.0. The molecule has 2 unspecified atom stereocenters. The Morgan fingerprint density at radius 3 is 1.79 bits per heavy atom. The van der Waals surface area contributed by atoms with E-state index >= 15 is 0 Å². The highest BCUT2D eigenvalue weighted by Crippen LogP contribution is 2.37. The zero-order valence-electron chi connectivity index (χ0n) is 33.2. The van der Waals surface area contributed by atoms with Gasteiger partial charge in [0.2, 0.25) is 0 Å². The molecule has 3 aliphatic heterocycles. The number of para-hydroxylation sites is 1. The first-order valence-electron chi connectivity index (χ1n) is 19.5. The van der Waals surface area contributed by atoms with Crippen molar-refractivity contribution in [3.63, 3.8) is 0 Å². The molecule has 18 nitrogen and oxygen atoms in total. The Morgan fingerprint density at radius 1 is 0.789 bits per heavy atom. The van der Waals surface area contributed by atoms with Gasteiger partial charge in [-0.1, -0.05) is 34.1 Å². The van der Waals surface area contributed by atoms with Crippen molar-refractivity contribution in [2.45, 2.75) is 117 Å². The van der Waals surface area contributed by atoms with Gasteiger partial charge in [0.05, 0.1) is 25.9 Å². The second kappa shape index (κ2) is 21.9. The normalized spacial score (nSPS) is 19.0. The molecular formula is C38H55BrN8O10. The van der Waals surface area contributed by atoms with Gasteiger partial charge in [0.25, 0.3) is 0 Å². The number of morpholine rings is 1. The van der Waals surface area contributed by atoms with Crippen LogP contribution in [0.15, 0.2) is 43.4 Å². The maximum absolute atomic E-state index is 12.7. The van der Waals surface area contributed by atoms with E-state index in [0.717, 1.165) is 63.9 Å². The molecule has 0 radical (unpaired) electrons. The highest BCUT2D eigenvalue weighted by Gasteiger charge is 2.40. The van der Waals surface area contributed by atoms with Crippen LogP contribution in [0.25, 0.3) is 0 Å². The van der Waals surface area contributed by atoms with Gasteiger partial charge in [0, 0.05) is 74.5 Å². The van der Waals surface area contributed by atoms with E-state index < -0.39 is 23.3 Å². The second-order valence-electron chi connectivity index (χ2n) is 14.0. The van der Waals surface area contributed by atoms with Crippen molar-refractivity contribution in [3.05, 3.63) is 83.4 Å². The predicted molar refractivity (Wildman–Crippen MR) is 215 cm³/mol. The number of benzene rings is 1. The van der Waals surface area contributed by atoms with Crippen molar-refractivity contribution in [2.24, 2.45) is 0 Å². The van der Waals surface area contributed by atoms with Gasteiger partial charge in [0.15, 0.2) is 0 Å². The van der Waals surface area contributed by atoms with E-state index in [1.165, 1.54) is 37.8 Å². The molecule has 0 spiro atoms. The molecule has 0 aliphatic carbocycles. The van der Waals surface area contributed by atoms with Gasteiger partial charge in [-0.05, 0) is 72.3 Å². The molecule has 19 heteroatoms. The number of piperidine rings is 1. The third-order valence-electron chi connectivity index (χ3n) is 10.5. The molecule has 314 valence electrons. The smallest absolute Gasteiger partial charge is 0.414 e. The number of anilines is 1. The number of aromatic nitrogens is 6. The lowest BCUT2D eigenvalue weighted by molar-refractivity contribution is -0.159. The highest BCUT2D eigenvalue weighted by atomic mass is 79.9. The first-order valence-corrected chi connectivity index (χ1v) is 20.6. The molecule has 57 heavy (non-hydrogen) atoms. The van der Waals surface area contributed by atoms with Crippen LogP contribution in [-0.2, 0) is 51.8 Å². The Labute approximate surface area is 338 Å². The molecule has 2 atom stereocenters. The molecule has 3 fully saturated rings. The summed E-state index contributed by atoms with van der Waals surface area (Å²) >= 11 is 3.26. The Kier molecular flexibility index (Phi) is 17.4. The maximum atomic E-state index is 12.7. The van der Waals surface area contributed by atoms with Crippen molar-refractivity contribution in [2.75, 3.05) is 43.1 Å². The number of carbonyl (C=O) groups is 2. The fraction of sp³-hybridized carbons (Fsp3) is 0.632. The minimum Gasteiger partial charge on any atom is -0.473 e. The summed E-state index contributed by atoms with van der Waals surface area (Å²) in [6.07, 6.45) is 6.28. The molecule has 0 saturated carbocycles. The summed E-state index contributed by atoms with van der Waals surface area (Å²) in [5, 5.41) is 15.5. The predicted octanol–water partition coefficient (Wildman–Crippen LogP) is 1.85. The van der Waals surface area contributed by atoms with Crippen molar-refractivity contribution < 1.29 is 29.3 Å². The fourth-order valence-corrected chi connectivity index (χ4v) is 7.92. The summed E-state index contributed by atoms with van der Waals surface area (Å²) in [6, 6.07) is 9.61. The summed E-state index contributed by atoms with van der Waals surface area (Å²) in [7, 11) is 0. The van der Waals surface area contributed by atoms with Crippen molar-refractivity contribution in [3.8, 4) is 0 Å². The third kappa shape index (κ3) is 12.0. The van der Waals surface area contributed by atoms with Gasteiger partial charge in [-0.15, -0.1) is 0 Å². The number of fused-ring (bicyclic) bond motifs is 2. The number of ether oxygens (including phenoxy) is 2. The van der Waals surface area contributed by atoms with Gasteiger partial charge in [-0.2, -0.15) is 9.97 Å². The quantitative estimate of drug-likeness (QED) is 0.186. The van der Waals surface area contributed by atoms with Crippen molar-refractivity contribution in [1.82, 2.24) is 33.1 Å². The van der Waals surface area contributed by atoms with Gasteiger partial charge in [-0.25, -0.2) is 37.9 Å². The van der Waals surface area contributed by atoms with Crippen LogP contribution >= 0.6 is 15.9 Å². The van der Waals surface area contributed by atoms with E-state index in [4.69, 9.17) is 29.3 Å². The standard InChI is InChI=1S/C27H39N5O4.C9H14BrN3O2.C2H2O4/c1-3-30-20(2)28-26(33)32(27(30)34)12-6-11-31-22-9-10-23(31)18-24(17-22)36-19-21-7-4-5-8-25(21)29-13-15-35-16-14-29;1-3-12-7(2)11-8(14)13(9(12)15)6-4-5-10;3-1(4)2(5)6/h4-5,7-8,22-24H,3,6,9-19H2,1-2H3;3-6H2,1-2H3;(H,3,4)(H,5,6). The van der Waals surface area contributed by atoms with E-state index in [2.05, 4.69) is 60.0 Å². The SMILES string of the molecule is CCn1c(C)nc(=O)n(CCCBr)c1=O.CCn1c(C)nc(=O)n(CCCN2C3CCC2CC(OCc2ccccc2N2CCOCC2)C3)c1=O.O=C(O)C(=O)O. The highest BCUT2D eigenvalue weighted by molar-refractivity contribution is 9.09. The molecule has 5 heterocycles. The van der Waals surface area contributed by atoms with Crippen molar-refractivity contribution >= 4 is 33.6 Å². The number of aliphatic carboxylic acids is 2. The maximum Gasteiger partial charge on any atom is 0.414 e. The minimum absolute atomic E-state index is 0.248. The Morgan fingerprint density at radius 2 is 1.30 bits per heavy atom. The van der Waals surface area contributed by atoms with Crippen LogP contribution in [0.5, 0.6) is 0 Å². The van der Waals surface area contributed by atoms with Crippen LogP contribution in [0.1, 0.15) is 69.6 Å². The summed E-state index contributed by atoms with van der Waals surface area (Å²) in [5.74, 6) is -2.69. The van der Waals surface area contributed by atoms with Crippen molar-refractivity contribution in [1.29, 1.82) is 0 Å². The monoisotopic (exact) mass is 862 g/mol. The number of hydrogen-bond acceptors (Lipinski definition) is 12. The molecule has 6 rings (SSSR count). The lowest BCUT2D eigenvalue weighted by atomic mass is 9.99. The molecule has 3 aliphatic rings. The Hall–Kier alpha value is -4.46. The number of aryl methyl sites for hydroxylation is 2. The number of rotatable bonds is 13. The van der Waals surface area contributed by atoms with E-state index in [9.17, 15) is 19.2 Å². The van der Waals surface area contributed by atoms with Crippen LogP contribution in [0, 0.1) is 13.8 Å². The minimum atomic E-state index is -1.82. The number of nitrogens with zero attached hydrogens (tertiary/aromatic N) is 8. The zero-order chi connectivity index (χ0) is 41.6. The molecule has 3 saturated heterocycles. The van der Waals surface area contributed by atoms with E-state index in [-0.39, 0.29) is 17.5 Å². The van der Waals surface area contributed by atoms with Crippen LogP contribution in [-0.4, -0.2) is 112 Å². The summed E-state index contributed by atoms with van der Waals surface area (Å²) in [5.41, 5.74) is 1.12. The summed E-state index contributed by atoms with van der Waals surface area (Å²) < 4.78 is 17.5. The number of carboxylic acids is 2. The van der Waals surface area contributed by atoms with E-state index in [1.54, 1.807) is 18.4 Å². The molecule has 0 amide bonds. The average molecular weight is 864 g/mol. The lowest BCUT2D eigenvalue weighted by Crippen LogP contribution is -2.47. The largest absolute Gasteiger partial charge is 0.473 e. The van der Waals surface area contributed by atoms with Gasteiger partial charge in [0.1, 0.15) is 11.6 Å². The van der Waals surface area contributed by atoms with E-state index in [0.29, 0.717) is 56.5 Å². The van der Waals surface area contributed by atoms with Crippen LogP contribution in [0.2, 0.25) is 0 Å². The molecular weight excluding hydrogens is 808 g/mol. The Bertz CT molecular complexity index is 2030. The van der Waals surface area contributed by atoms with Gasteiger partial charge < -0.3 is 24.6 Å². The Balaban J connectivity index is 0.000000283. The number of alkyl halides is 1. The first kappa shape index (κ1) is 45.2. The molecule has 3 aromatic rings. The number of hydrogen-bond donors (Lipinski definition) is 2. The summed E-state index contributed by atoms with van der Waals surface area (Å²) in [4.78, 5) is 79.3. The topological polar surface area (TPSA) is 213 Å². The average Bonchev–Trinajstić information content (AvgIpc) is 3.42. The number of carboxylic acid groups (broad SMARTS) is 2. The molecule has 2 aromatic heterocycles.